The normalized spacial score (nSPS) is 20.1. The van der Waals surface area contributed by atoms with E-state index in [0.717, 1.165) is 25.6 Å². The maximum Gasteiger partial charge on any atom is 0.0595 e. The van der Waals surface area contributed by atoms with Crippen molar-refractivity contribution in [1.29, 1.82) is 0 Å². The summed E-state index contributed by atoms with van der Waals surface area (Å²) in [4.78, 5) is 4.95. The molecule has 0 amide bonds. The van der Waals surface area contributed by atoms with Gasteiger partial charge in [0.05, 0.1) is 10.0 Å². The minimum atomic E-state index is 0.633. The summed E-state index contributed by atoms with van der Waals surface area (Å²) < 4.78 is 0. The lowest BCUT2D eigenvalue weighted by atomic mass is 10.00. The standard InChI is InChI=1S/C17H26Cl2N2/c1-20(12-9-15-5-3-4-10-21(15)2)11-8-14-6-7-16(18)17(19)13-14/h6-7,13,15H,3-5,8-12H2,1-2H3. The van der Waals surface area contributed by atoms with Crippen LogP contribution in [-0.4, -0.2) is 49.6 Å². The van der Waals surface area contributed by atoms with Crippen molar-refractivity contribution in [2.24, 2.45) is 0 Å². The first-order chi connectivity index (χ1) is 10.1. The second kappa shape index (κ2) is 8.38. The Morgan fingerprint density at radius 2 is 2.00 bits per heavy atom. The first-order valence-electron chi connectivity index (χ1n) is 7.89. The van der Waals surface area contributed by atoms with Gasteiger partial charge in [-0.3, -0.25) is 0 Å². The van der Waals surface area contributed by atoms with Crippen molar-refractivity contribution in [2.75, 3.05) is 33.7 Å². The van der Waals surface area contributed by atoms with Crippen LogP contribution < -0.4 is 0 Å². The molecule has 2 nitrogen and oxygen atoms in total. The average molecular weight is 329 g/mol. The molecule has 1 aromatic carbocycles. The second-order valence-corrected chi connectivity index (χ2v) is 7.04. The monoisotopic (exact) mass is 328 g/mol. The summed E-state index contributed by atoms with van der Waals surface area (Å²) in [5.41, 5.74) is 1.26. The van der Waals surface area contributed by atoms with Crippen molar-refractivity contribution in [1.82, 2.24) is 9.80 Å². The molecular formula is C17H26Cl2N2. The third kappa shape index (κ3) is 5.45. The Morgan fingerprint density at radius 3 is 2.71 bits per heavy atom. The lowest BCUT2D eigenvalue weighted by molar-refractivity contribution is 0.161. The average Bonchev–Trinajstić information content (AvgIpc) is 2.47. The van der Waals surface area contributed by atoms with Crippen LogP contribution in [0.15, 0.2) is 18.2 Å². The van der Waals surface area contributed by atoms with Gasteiger partial charge in [0.2, 0.25) is 0 Å². The Kier molecular flexibility index (Phi) is 6.81. The topological polar surface area (TPSA) is 6.48 Å². The zero-order valence-corrected chi connectivity index (χ0v) is 14.6. The molecule has 0 N–H and O–H groups in total. The molecule has 1 aliphatic rings. The summed E-state index contributed by atoms with van der Waals surface area (Å²) in [6, 6.07) is 6.70. The van der Waals surface area contributed by atoms with Crippen LogP contribution in [0.1, 0.15) is 31.2 Å². The van der Waals surface area contributed by atoms with Crippen molar-refractivity contribution < 1.29 is 0 Å². The lowest BCUT2D eigenvalue weighted by Crippen LogP contribution is -2.38. The molecule has 1 atom stereocenters. The summed E-state index contributed by atoms with van der Waals surface area (Å²) >= 11 is 12.0. The molecule has 1 heterocycles. The molecule has 0 radical (unpaired) electrons. The predicted molar refractivity (Wildman–Crippen MR) is 92.5 cm³/mol. The lowest BCUT2D eigenvalue weighted by Gasteiger charge is -2.33. The Balaban J connectivity index is 1.71. The number of likely N-dealkylation sites (N-methyl/N-ethyl adjacent to an activating group) is 1. The van der Waals surface area contributed by atoms with Crippen molar-refractivity contribution in [2.45, 2.75) is 38.1 Å². The van der Waals surface area contributed by atoms with Crippen molar-refractivity contribution in [3.05, 3.63) is 33.8 Å². The van der Waals surface area contributed by atoms with Gasteiger partial charge >= 0.3 is 0 Å². The Labute approximate surface area is 139 Å². The van der Waals surface area contributed by atoms with Gasteiger partial charge in [0.15, 0.2) is 0 Å². The highest BCUT2D eigenvalue weighted by atomic mass is 35.5. The van der Waals surface area contributed by atoms with Crippen molar-refractivity contribution in [3.8, 4) is 0 Å². The summed E-state index contributed by atoms with van der Waals surface area (Å²) in [6.45, 7) is 3.49. The molecule has 1 fully saturated rings. The van der Waals surface area contributed by atoms with Gasteiger partial charge in [-0.15, -0.1) is 0 Å². The second-order valence-electron chi connectivity index (χ2n) is 6.22. The zero-order chi connectivity index (χ0) is 15.2. The van der Waals surface area contributed by atoms with E-state index in [1.165, 1.54) is 37.8 Å². The Hall–Kier alpha value is -0.280. The van der Waals surface area contributed by atoms with Crippen LogP contribution >= 0.6 is 23.2 Å². The molecule has 21 heavy (non-hydrogen) atoms. The van der Waals surface area contributed by atoms with Crippen LogP contribution in [0.25, 0.3) is 0 Å². The summed E-state index contributed by atoms with van der Waals surface area (Å²) in [5.74, 6) is 0. The van der Waals surface area contributed by atoms with E-state index >= 15 is 0 Å². The molecule has 0 spiro atoms. The minimum Gasteiger partial charge on any atom is -0.306 e. The SMILES string of the molecule is CN(CCc1ccc(Cl)c(Cl)c1)CCC1CCCCN1C. The van der Waals surface area contributed by atoms with Gasteiger partial charge in [-0.2, -0.15) is 0 Å². The fourth-order valence-corrected chi connectivity index (χ4v) is 3.33. The summed E-state index contributed by atoms with van der Waals surface area (Å²) in [7, 11) is 4.47. The molecule has 0 aliphatic carbocycles. The maximum atomic E-state index is 6.06. The van der Waals surface area contributed by atoms with Crippen LogP contribution in [0.5, 0.6) is 0 Å². The van der Waals surface area contributed by atoms with Gasteiger partial charge in [0.25, 0.3) is 0 Å². The van der Waals surface area contributed by atoms with Crippen molar-refractivity contribution >= 4 is 23.2 Å². The van der Waals surface area contributed by atoms with Crippen LogP contribution in [0, 0.1) is 0 Å². The molecule has 0 bridgehead atoms. The van der Waals surface area contributed by atoms with E-state index < -0.39 is 0 Å². The van der Waals surface area contributed by atoms with E-state index in [1.54, 1.807) is 0 Å². The number of nitrogens with zero attached hydrogens (tertiary/aromatic N) is 2. The molecule has 1 aromatic rings. The highest BCUT2D eigenvalue weighted by Gasteiger charge is 2.18. The maximum absolute atomic E-state index is 6.06. The first-order valence-corrected chi connectivity index (χ1v) is 8.64. The third-order valence-corrected chi connectivity index (χ3v) is 5.27. The van der Waals surface area contributed by atoms with Gasteiger partial charge < -0.3 is 9.80 Å². The fraction of sp³-hybridized carbons (Fsp3) is 0.647. The number of hydrogen-bond donors (Lipinski definition) is 0. The predicted octanol–water partition coefficient (Wildman–Crippen LogP) is 4.34. The first kappa shape index (κ1) is 17.1. The van der Waals surface area contributed by atoms with Crippen molar-refractivity contribution in [3.63, 3.8) is 0 Å². The summed E-state index contributed by atoms with van der Waals surface area (Å²) in [5, 5.41) is 1.29. The highest BCUT2D eigenvalue weighted by molar-refractivity contribution is 6.42. The number of piperidine rings is 1. The zero-order valence-electron chi connectivity index (χ0n) is 13.1. The Bertz CT molecular complexity index is 450. The molecule has 0 aromatic heterocycles. The van der Waals surface area contributed by atoms with Crippen LogP contribution in [0.4, 0.5) is 0 Å². The van der Waals surface area contributed by atoms with E-state index in [0.29, 0.717) is 10.0 Å². The van der Waals surface area contributed by atoms with E-state index in [2.05, 4.69) is 30.0 Å². The van der Waals surface area contributed by atoms with Crippen LogP contribution in [0.3, 0.4) is 0 Å². The summed E-state index contributed by atoms with van der Waals surface area (Å²) in [6.07, 6.45) is 6.40. The quantitative estimate of drug-likeness (QED) is 0.766. The van der Waals surface area contributed by atoms with Crippen LogP contribution in [-0.2, 0) is 6.42 Å². The van der Waals surface area contributed by atoms with Gasteiger partial charge in [0.1, 0.15) is 0 Å². The highest BCUT2D eigenvalue weighted by Crippen LogP contribution is 2.23. The van der Waals surface area contributed by atoms with Crippen LogP contribution in [0.2, 0.25) is 10.0 Å². The van der Waals surface area contributed by atoms with Gasteiger partial charge in [-0.25, -0.2) is 0 Å². The molecule has 118 valence electrons. The van der Waals surface area contributed by atoms with Gasteiger partial charge in [-0.1, -0.05) is 35.7 Å². The minimum absolute atomic E-state index is 0.633. The molecule has 1 saturated heterocycles. The number of rotatable bonds is 6. The number of benzene rings is 1. The van der Waals surface area contributed by atoms with E-state index in [-0.39, 0.29) is 0 Å². The molecule has 4 heteroatoms. The smallest absolute Gasteiger partial charge is 0.0595 e. The third-order valence-electron chi connectivity index (χ3n) is 4.53. The number of halogens is 2. The number of hydrogen-bond acceptors (Lipinski definition) is 2. The van der Waals surface area contributed by atoms with Gasteiger partial charge in [0, 0.05) is 12.6 Å². The van der Waals surface area contributed by atoms with E-state index in [1.807, 2.05) is 12.1 Å². The van der Waals surface area contributed by atoms with E-state index in [9.17, 15) is 0 Å². The largest absolute Gasteiger partial charge is 0.306 e. The molecular weight excluding hydrogens is 303 g/mol. The molecule has 1 aliphatic heterocycles. The Morgan fingerprint density at radius 1 is 1.19 bits per heavy atom. The molecule has 2 rings (SSSR count). The molecule has 0 saturated carbocycles. The fourth-order valence-electron chi connectivity index (χ4n) is 3.01. The van der Waals surface area contributed by atoms with Gasteiger partial charge in [-0.05, 0) is 70.6 Å². The van der Waals surface area contributed by atoms with E-state index in [4.69, 9.17) is 23.2 Å². The molecule has 1 unspecified atom stereocenters. The number of likely N-dealkylation sites (tertiary alicyclic amines) is 1.